The molecule has 0 spiro atoms. The number of carbonyl (C=O) groups excluding carboxylic acids is 1. The third-order valence-corrected chi connectivity index (χ3v) is 5.34. The predicted octanol–water partition coefficient (Wildman–Crippen LogP) is 1.51. The first kappa shape index (κ1) is 18.1. The Labute approximate surface area is 141 Å². The average molecular weight is 349 g/mol. The van der Waals surface area contributed by atoms with E-state index in [2.05, 4.69) is 4.74 Å². The molecule has 1 N–H and O–H groups in total. The lowest BCUT2D eigenvalue weighted by molar-refractivity contribution is -0.140. The van der Waals surface area contributed by atoms with Crippen LogP contribution >= 0.6 is 0 Å². The van der Waals surface area contributed by atoms with Gasteiger partial charge >= 0.3 is 5.97 Å². The number of sulfonamides is 1. The summed E-state index contributed by atoms with van der Waals surface area (Å²) < 4.78 is 30.7. The monoisotopic (exact) mass is 349 g/mol. The number of esters is 1. The van der Waals surface area contributed by atoms with Gasteiger partial charge in [-0.05, 0) is 23.3 Å². The molecule has 0 atom stereocenters. The molecular formula is C17H19NO5S. The summed E-state index contributed by atoms with van der Waals surface area (Å²) in [6.45, 7) is -1.02. The van der Waals surface area contributed by atoms with Gasteiger partial charge in [-0.15, -0.1) is 0 Å². The molecule has 0 bridgehead atoms. The fourth-order valence-corrected chi connectivity index (χ4v) is 3.58. The quantitative estimate of drug-likeness (QED) is 0.766. The average Bonchev–Trinajstić information content (AvgIpc) is 2.62. The molecule has 0 fully saturated rings. The topological polar surface area (TPSA) is 83.9 Å². The highest BCUT2D eigenvalue weighted by Gasteiger charge is 2.26. The zero-order chi connectivity index (χ0) is 17.6. The summed E-state index contributed by atoms with van der Waals surface area (Å²) in [4.78, 5) is 11.5. The van der Waals surface area contributed by atoms with Gasteiger partial charge in [0.05, 0.1) is 18.6 Å². The van der Waals surface area contributed by atoms with E-state index in [1.165, 1.54) is 19.2 Å². The molecule has 0 aliphatic carbocycles. The van der Waals surface area contributed by atoms with E-state index in [9.17, 15) is 13.2 Å². The second-order valence-corrected chi connectivity index (χ2v) is 6.97. The molecule has 24 heavy (non-hydrogen) atoms. The van der Waals surface area contributed by atoms with Gasteiger partial charge in [0.1, 0.15) is 6.54 Å². The Morgan fingerprint density at radius 3 is 2.17 bits per heavy atom. The minimum Gasteiger partial charge on any atom is -0.468 e. The van der Waals surface area contributed by atoms with Gasteiger partial charge in [0.25, 0.3) is 0 Å². The molecule has 2 aromatic rings. The fraction of sp³-hybridized carbons (Fsp3) is 0.235. The maximum atomic E-state index is 12.6. The van der Waals surface area contributed by atoms with Crippen LogP contribution < -0.4 is 0 Å². The van der Waals surface area contributed by atoms with Crippen LogP contribution in [0, 0.1) is 0 Å². The Morgan fingerprint density at radius 2 is 1.62 bits per heavy atom. The van der Waals surface area contributed by atoms with Crippen molar-refractivity contribution in [3.05, 3.63) is 54.6 Å². The summed E-state index contributed by atoms with van der Waals surface area (Å²) in [6.07, 6.45) is 0. The molecule has 7 heteroatoms. The fourth-order valence-electron chi connectivity index (χ4n) is 2.20. The summed E-state index contributed by atoms with van der Waals surface area (Å²) in [6, 6.07) is 16.0. The number of methoxy groups -OCH3 is 1. The molecule has 0 amide bonds. The van der Waals surface area contributed by atoms with E-state index in [1.807, 2.05) is 30.3 Å². The normalized spacial score (nSPS) is 11.5. The summed E-state index contributed by atoms with van der Waals surface area (Å²) >= 11 is 0. The van der Waals surface area contributed by atoms with E-state index in [0.29, 0.717) is 0 Å². The molecule has 128 valence electrons. The first-order valence-corrected chi connectivity index (χ1v) is 8.76. The van der Waals surface area contributed by atoms with Crippen LogP contribution in [0.4, 0.5) is 0 Å². The highest BCUT2D eigenvalue weighted by molar-refractivity contribution is 7.89. The van der Waals surface area contributed by atoms with Crippen LogP contribution in [-0.2, 0) is 19.6 Å². The van der Waals surface area contributed by atoms with Crippen LogP contribution in [0.3, 0.4) is 0 Å². The van der Waals surface area contributed by atoms with Gasteiger partial charge in [-0.25, -0.2) is 8.42 Å². The molecule has 0 saturated carbocycles. The summed E-state index contributed by atoms with van der Waals surface area (Å²) in [7, 11) is -2.71. The van der Waals surface area contributed by atoms with Crippen LogP contribution in [0.15, 0.2) is 59.5 Å². The summed E-state index contributed by atoms with van der Waals surface area (Å²) in [5, 5.41) is 9.07. The highest BCUT2D eigenvalue weighted by atomic mass is 32.2. The number of aliphatic hydroxyl groups excluding tert-OH is 1. The summed E-state index contributed by atoms with van der Waals surface area (Å²) in [5.41, 5.74) is 1.86. The number of hydrogen-bond donors (Lipinski definition) is 1. The molecule has 2 rings (SSSR count). The number of nitrogens with zero attached hydrogens (tertiary/aromatic N) is 1. The van der Waals surface area contributed by atoms with Crippen LogP contribution in [0.5, 0.6) is 0 Å². The molecule has 6 nitrogen and oxygen atoms in total. The Kier molecular flexibility index (Phi) is 6.08. The Morgan fingerprint density at radius 1 is 1.04 bits per heavy atom. The largest absolute Gasteiger partial charge is 0.468 e. The SMILES string of the molecule is COC(=O)CN(CCO)S(=O)(=O)c1ccc(-c2ccccc2)cc1. The lowest BCUT2D eigenvalue weighted by atomic mass is 10.1. The maximum absolute atomic E-state index is 12.6. The zero-order valence-corrected chi connectivity index (χ0v) is 14.1. The van der Waals surface area contributed by atoms with Crippen molar-refractivity contribution in [2.45, 2.75) is 4.90 Å². The minimum atomic E-state index is -3.89. The first-order valence-electron chi connectivity index (χ1n) is 7.32. The Balaban J connectivity index is 2.29. The molecule has 0 heterocycles. The molecule has 0 aromatic heterocycles. The van der Waals surface area contributed by atoms with Gasteiger partial charge in [0, 0.05) is 6.54 Å². The number of carbonyl (C=O) groups is 1. The third-order valence-electron chi connectivity index (χ3n) is 3.48. The maximum Gasteiger partial charge on any atom is 0.321 e. The van der Waals surface area contributed by atoms with Crippen molar-refractivity contribution >= 4 is 16.0 Å². The third kappa shape index (κ3) is 4.19. The lowest BCUT2D eigenvalue weighted by Gasteiger charge is -2.20. The smallest absolute Gasteiger partial charge is 0.321 e. The van der Waals surface area contributed by atoms with E-state index < -0.39 is 29.1 Å². The standard InChI is InChI=1S/C17H19NO5S/c1-23-17(20)13-18(11-12-19)24(21,22)16-9-7-15(8-10-16)14-5-3-2-4-6-14/h2-10,19H,11-13H2,1H3. The predicted molar refractivity (Wildman–Crippen MR) is 89.7 cm³/mol. The van der Waals surface area contributed by atoms with Crippen molar-refractivity contribution in [1.82, 2.24) is 4.31 Å². The molecule has 0 aliphatic heterocycles. The van der Waals surface area contributed by atoms with E-state index >= 15 is 0 Å². The number of ether oxygens (including phenoxy) is 1. The van der Waals surface area contributed by atoms with Crippen molar-refractivity contribution in [3.8, 4) is 11.1 Å². The second kappa shape index (κ2) is 8.05. The van der Waals surface area contributed by atoms with Crippen molar-refractivity contribution < 1.29 is 23.1 Å². The lowest BCUT2D eigenvalue weighted by Crippen LogP contribution is -2.38. The van der Waals surface area contributed by atoms with E-state index in [1.54, 1.807) is 12.1 Å². The molecule has 0 radical (unpaired) electrons. The molecule has 0 aliphatic rings. The number of benzene rings is 2. The van der Waals surface area contributed by atoms with Crippen LogP contribution in [0.1, 0.15) is 0 Å². The van der Waals surface area contributed by atoms with Crippen molar-refractivity contribution in [2.75, 3.05) is 26.8 Å². The van der Waals surface area contributed by atoms with Crippen LogP contribution in [-0.4, -0.2) is 50.6 Å². The van der Waals surface area contributed by atoms with Crippen molar-refractivity contribution in [1.29, 1.82) is 0 Å². The highest BCUT2D eigenvalue weighted by Crippen LogP contribution is 2.22. The number of aliphatic hydroxyl groups is 1. The van der Waals surface area contributed by atoms with E-state index in [0.717, 1.165) is 15.4 Å². The van der Waals surface area contributed by atoms with Crippen LogP contribution in [0.25, 0.3) is 11.1 Å². The van der Waals surface area contributed by atoms with E-state index in [4.69, 9.17) is 5.11 Å². The number of rotatable bonds is 7. The first-order chi connectivity index (χ1) is 11.5. The van der Waals surface area contributed by atoms with Gasteiger partial charge in [0.2, 0.25) is 10.0 Å². The summed E-state index contributed by atoms with van der Waals surface area (Å²) in [5.74, 6) is -0.687. The Bertz CT molecular complexity index is 772. The van der Waals surface area contributed by atoms with Crippen LogP contribution in [0.2, 0.25) is 0 Å². The van der Waals surface area contributed by atoms with Gasteiger partial charge in [-0.1, -0.05) is 42.5 Å². The van der Waals surface area contributed by atoms with Gasteiger partial charge < -0.3 is 9.84 Å². The Hall–Kier alpha value is -2.22. The van der Waals surface area contributed by atoms with Crippen molar-refractivity contribution in [2.24, 2.45) is 0 Å². The second-order valence-electron chi connectivity index (χ2n) is 5.03. The molecule has 2 aromatic carbocycles. The minimum absolute atomic E-state index is 0.0551. The number of hydrogen-bond acceptors (Lipinski definition) is 5. The van der Waals surface area contributed by atoms with E-state index in [-0.39, 0.29) is 11.4 Å². The molecule has 0 unspecified atom stereocenters. The molecule has 0 saturated heterocycles. The van der Waals surface area contributed by atoms with Gasteiger partial charge in [-0.3, -0.25) is 4.79 Å². The zero-order valence-electron chi connectivity index (χ0n) is 13.3. The van der Waals surface area contributed by atoms with Crippen molar-refractivity contribution in [3.63, 3.8) is 0 Å². The van der Waals surface area contributed by atoms with Gasteiger partial charge in [-0.2, -0.15) is 4.31 Å². The molecular weight excluding hydrogens is 330 g/mol. The van der Waals surface area contributed by atoms with Gasteiger partial charge in [0.15, 0.2) is 0 Å².